The summed E-state index contributed by atoms with van der Waals surface area (Å²) in [5.74, 6) is 0.0221. The van der Waals surface area contributed by atoms with E-state index in [0.717, 1.165) is 13.0 Å². The number of aliphatic hydroxyl groups excluding tert-OH is 1. The molecule has 0 aliphatic carbocycles. The lowest BCUT2D eigenvalue weighted by molar-refractivity contribution is -0.125. The highest BCUT2D eigenvalue weighted by Crippen LogP contribution is 2.07. The maximum Gasteiger partial charge on any atom is 0.237 e. The summed E-state index contributed by atoms with van der Waals surface area (Å²) in [5, 5.41) is 11.9. The SMILES string of the molecule is CCN(CCO)C(C)C(=O)NCCc1ccccc1C. The summed E-state index contributed by atoms with van der Waals surface area (Å²) in [7, 11) is 0. The highest BCUT2D eigenvalue weighted by molar-refractivity contribution is 5.81. The van der Waals surface area contributed by atoms with E-state index >= 15 is 0 Å². The zero-order valence-corrected chi connectivity index (χ0v) is 12.7. The molecule has 0 spiro atoms. The van der Waals surface area contributed by atoms with E-state index in [4.69, 9.17) is 5.11 Å². The van der Waals surface area contributed by atoms with Crippen LogP contribution in [0.1, 0.15) is 25.0 Å². The molecule has 1 atom stereocenters. The van der Waals surface area contributed by atoms with Crippen molar-refractivity contribution >= 4 is 5.91 Å². The maximum absolute atomic E-state index is 12.1. The number of amides is 1. The Kier molecular flexibility index (Phi) is 7.26. The Bertz CT molecular complexity index is 421. The fraction of sp³-hybridized carbons (Fsp3) is 0.562. The maximum atomic E-state index is 12.1. The van der Waals surface area contributed by atoms with Crippen LogP contribution in [-0.2, 0) is 11.2 Å². The van der Waals surface area contributed by atoms with Crippen molar-refractivity contribution in [2.45, 2.75) is 33.2 Å². The number of hydrogen-bond acceptors (Lipinski definition) is 3. The zero-order chi connectivity index (χ0) is 15.0. The molecule has 0 fully saturated rings. The van der Waals surface area contributed by atoms with Crippen molar-refractivity contribution in [2.75, 3.05) is 26.2 Å². The van der Waals surface area contributed by atoms with Gasteiger partial charge < -0.3 is 10.4 Å². The molecular formula is C16H26N2O2. The molecule has 0 aromatic heterocycles. The largest absolute Gasteiger partial charge is 0.395 e. The highest BCUT2D eigenvalue weighted by Gasteiger charge is 2.18. The second-order valence-corrected chi connectivity index (χ2v) is 5.00. The van der Waals surface area contributed by atoms with Gasteiger partial charge in [-0.2, -0.15) is 0 Å². The highest BCUT2D eigenvalue weighted by atomic mass is 16.3. The molecule has 2 N–H and O–H groups in total. The number of nitrogens with one attached hydrogen (secondary N) is 1. The van der Waals surface area contributed by atoms with E-state index in [-0.39, 0.29) is 18.6 Å². The van der Waals surface area contributed by atoms with Crippen LogP contribution < -0.4 is 5.32 Å². The first kappa shape index (κ1) is 16.7. The van der Waals surface area contributed by atoms with Gasteiger partial charge in [-0.3, -0.25) is 9.69 Å². The molecule has 0 radical (unpaired) electrons. The number of rotatable bonds is 8. The Morgan fingerprint density at radius 2 is 2.10 bits per heavy atom. The average molecular weight is 278 g/mol. The van der Waals surface area contributed by atoms with Gasteiger partial charge in [0.15, 0.2) is 0 Å². The average Bonchev–Trinajstić information content (AvgIpc) is 2.46. The Labute approximate surface area is 121 Å². The van der Waals surface area contributed by atoms with E-state index < -0.39 is 0 Å². The molecule has 4 nitrogen and oxygen atoms in total. The molecule has 4 heteroatoms. The predicted molar refractivity (Wildman–Crippen MR) is 81.7 cm³/mol. The molecule has 20 heavy (non-hydrogen) atoms. The number of aryl methyl sites for hydroxylation is 1. The van der Waals surface area contributed by atoms with Crippen LogP contribution in [0.2, 0.25) is 0 Å². The van der Waals surface area contributed by atoms with Crippen molar-refractivity contribution in [3.8, 4) is 0 Å². The quantitative estimate of drug-likeness (QED) is 0.755. The van der Waals surface area contributed by atoms with Crippen LogP contribution in [0.4, 0.5) is 0 Å². The molecule has 0 aliphatic heterocycles. The molecular weight excluding hydrogens is 252 g/mol. The van der Waals surface area contributed by atoms with Crippen molar-refractivity contribution < 1.29 is 9.90 Å². The molecule has 112 valence electrons. The van der Waals surface area contributed by atoms with E-state index in [0.29, 0.717) is 13.1 Å². The van der Waals surface area contributed by atoms with Crippen molar-refractivity contribution in [2.24, 2.45) is 0 Å². The first-order chi connectivity index (χ1) is 9.60. The van der Waals surface area contributed by atoms with E-state index in [9.17, 15) is 4.79 Å². The lowest BCUT2D eigenvalue weighted by Crippen LogP contribution is -2.46. The van der Waals surface area contributed by atoms with E-state index in [1.54, 1.807) is 0 Å². The third-order valence-corrected chi connectivity index (χ3v) is 3.68. The van der Waals surface area contributed by atoms with Gasteiger partial charge >= 0.3 is 0 Å². The minimum atomic E-state index is -0.205. The zero-order valence-electron chi connectivity index (χ0n) is 12.7. The van der Waals surface area contributed by atoms with Crippen molar-refractivity contribution in [1.29, 1.82) is 0 Å². The number of likely N-dealkylation sites (N-methyl/N-ethyl adjacent to an activating group) is 1. The van der Waals surface area contributed by atoms with Gasteiger partial charge in [0.1, 0.15) is 0 Å². The minimum Gasteiger partial charge on any atom is -0.395 e. The molecule has 0 heterocycles. The second-order valence-electron chi connectivity index (χ2n) is 5.00. The predicted octanol–water partition coefficient (Wildman–Crippen LogP) is 1.36. The van der Waals surface area contributed by atoms with Crippen molar-refractivity contribution in [1.82, 2.24) is 10.2 Å². The molecule has 1 aromatic carbocycles. The Balaban J connectivity index is 2.41. The lowest BCUT2D eigenvalue weighted by Gasteiger charge is -2.26. The van der Waals surface area contributed by atoms with Gasteiger partial charge in [0, 0.05) is 13.1 Å². The molecule has 0 aliphatic rings. The van der Waals surface area contributed by atoms with Gasteiger partial charge in [-0.15, -0.1) is 0 Å². The number of aliphatic hydroxyl groups is 1. The fourth-order valence-corrected chi connectivity index (χ4v) is 2.28. The number of hydrogen-bond donors (Lipinski definition) is 2. The molecule has 0 bridgehead atoms. The monoisotopic (exact) mass is 278 g/mol. The number of carbonyl (C=O) groups excluding carboxylic acids is 1. The summed E-state index contributed by atoms with van der Waals surface area (Å²) < 4.78 is 0. The normalized spacial score (nSPS) is 12.4. The molecule has 0 saturated heterocycles. The first-order valence-corrected chi connectivity index (χ1v) is 7.27. The molecule has 1 aromatic rings. The van der Waals surface area contributed by atoms with Crippen LogP contribution >= 0.6 is 0 Å². The molecule has 1 rings (SSSR count). The summed E-state index contributed by atoms with van der Waals surface area (Å²) in [6, 6.07) is 8.01. The van der Waals surface area contributed by atoms with Crippen LogP contribution in [0.25, 0.3) is 0 Å². The van der Waals surface area contributed by atoms with E-state index in [1.807, 2.05) is 30.9 Å². The van der Waals surface area contributed by atoms with Gasteiger partial charge in [0.05, 0.1) is 12.6 Å². The Morgan fingerprint density at radius 3 is 2.70 bits per heavy atom. The summed E-state index contributed by atoms with van der Waals surface area (Å²) in [4.78, 5) is 14.0. The van der Waals surface area contributed by atoms with Crippen molar-refractivity contribution in [3.63, 3.8) is 0 Å². The van der Waals surface area contributed by atoms with Crippen molar-refractivity contribution in [3.05, 3.63) is 35.4 Å². The lowest BCUT2D eigenvalue weighted by atomic mass is 10.1. The third-order valence-electron chi connectivity index (χ3n) is 3.68. The van der Waals surface area contributed by atoms with Gasteiger partial charge in [-0.25, -0.2) is 0 Å². The van der Waals surface area contributed by atoms with Crippen LogP contribution in [0.3, 0.4) is 0 Å². The summed E-state index contributed by atoms with van der Waals surface area (Å²) in [5.41, 5.74) is 2.52. The van der Waals surface area contributed by atoms with E-state index in [1.165, 1.54) is 11.1 Å². The van der Waals surface area contributed by atoms with E-state index in [2.05, 4.69) is 24.4 Å². The smallest absolute Gasteiger partial charge is 0.237 e. The van der Waals surface area contributed by atoms with Crippen LogP contribution in [0.15, 0.2) is 24.3 Å². The topological polar surface area (TPSA) is 52.6 Å². The Morgan fingerprint density at radius 1 is 1.40 bits per heavy atom. The Hall–Kier alpha value is -1.39. The van der Waals surface area contributed by atoms with Gasteiger partial charge in [0.25, 0.3) is 0 Å². The number of nitrogens with zero attached hydrogens (tertiary/aromatic N) is 1. The fourth-order valence-electron chi connectivity index (χ4n) is 2.28. The first-order valence-electron chi connectivity index (χ1n) is 7.27. The summed E-state index contributed by atoms with van der Waals surface area (Å²) >= 11 is 0. The van der Waals surface area contributed by atoms with Crippen LogP contribution in [0.5, 0.6) is 0 Å². The summed E-state index contributed by atoms with van der Waals surface area (Å²) in [6.07, 6.45) is 0.845. The van der Waals surface area contributed by atoms with Crippen LogP contribution in [-0.4, -0.2) is 48.2 Å². The second kappa shape index (κ2) is 8.72. The molecule has 1 unspecified atom stereocenters. The number of carbonyl (C=O) groups is 1. The third kappa shape index (κ3) is 4.94. The molecule has 0 saturated carbocycles. The van der Waals surface area contributed by atoms with Gasteiger partial charge in [0.2, 0.25) is 5.91 Å². The van der Waals surface area contributed by atoms with Gasteiger partial charge in [-0.1, -0.05) is 31.2 Å². The van der Waals surface area contributed by atoms with Gasteiger partial charge in [-0.05, 0) is 37.9 Å². The summed E-state index contributed by atoms with van der Waals surface area (Å²) in [6.45, 7) is 7.96. The number of benzene rings is 1. The standard InChI is InChI=1S/C16H26N2O2/c1-4-18(11-12-19)14(3)16(20)17-10-9-15-8-6-5-7-13(15)2/h5-8,14,19H,4,9-12H2,1-3H3,(H,17,20). The minimum absolute atomic E-state index is 0.0221. The van der Waals surface area contributed by atoms with Crippen LogP contribution in [0, 0.1) is 6.92 Å². The molecule has 1 amide bonds.